The molecule has 0 aromatic heterocycles. The van der Waals surface area contributed by atoms with Gasteiger partial charge in [-0.05, 0) is 43.0 Å². The van der Waals surface area contributed by atoms with E-state index in [2.05, 4.69) is 10.0 Å². The summed E-state index contributed by atoms with van der Waals surface area (Å²) in [4.78, 5) is 12.5. The summed E-state index contributed by atoms with van der Waals surface area (Å²) < 4.78 is 28.0. The van der Waals surface area contributed by atoms with Crippen molar-refractivity contribution in [2.24, 2.45) is 0 Å². The standard InChI is InChI=1S/C19H18ClN3O3S/c20-17-9-8-16(11-14(17)12-21)27(25,26)23-18(19(24)22-15-6-7-15)10-13-4-2-1-3-5-13/h1-5,8-9,11,15,18,23H,6-7,10H2,(H,22,24). The van der Waals surface area contributed by atoms with Gasteiger partial charge in [0.2, 0.25) is 15.9 Å². The van der Waals surface area contributed by atoms with Crippen molar-refractivity contribution in [1.82, 2.24) is 10.0 Å². The molecular formula is C19H18ClN3O3S. The minimum atomic E-state index is -4.01. The van der Waals surface area contributed by atoms with Gasteiger partial charge in [-0.3, -0.25) is 4.79 Å². The second kappa shape index (κ2) is 8.09. The maximum Gasteiger partial charge on any atom is 0.241 e. The van der Waals surface area contributed by atoms with Crippen LogP contribution in [-0.4, -0.2) is 26.4 Å². The highest BCUT2D eigenvalue weighted by Gasteiger charge is 2.31. The van der Waals surface area contributed by atoms with Crippen LogP contribution in [0.5, 0.6) is 0 Å². The summed E-state index contributed by atoms with van der Waals surface area (Å²) in [6.07, 6.45) is 2.02. The fraction of sp³-hybridized carbons (Fsp3) is 0.263. The van der Waals surface area contributed by atoms with Crippen LogP contribution < -0.4 is 10.0 Å². The molecule has 1 unspecified atom stereocenters. The Bertz CT molecular complexity index is 983. The third-order valence-corrected chi connectivity index (χ3v) is 5.99. The molecule has 0 saturated heterocycles. The number of carbonyl (C=O) groups excluding carboxylic acids is 1. The number of nitrogens with one attached hydrogen (secondary N) is 2. The molecule has 0 radical (unpaired) electrons. The second-order valence-electron chi connectivity index (χ2n) is 6.40. The summed E-state index contributed by atoms with van der Waals surface area (Å²) in [7, 11) is -4.01. The first kappa shape index (κ1) is 19.4. The summed E-state index contributed by atoms with van der Waals surface area (Å²) in [5.41, 5.74) is 0.895. The normalized spacial score (nSPS) is 15.0. The van der Waals surface area contributed by atoms with Gasteiger partial charge in [0.25, 0.3) is 0 Å². The Kier molecular flexibility index (Phi) is 5.80. The monoisotopic (exact) mass is 403 g/mol. The first-order valence-corrected chi connectivity index (χ1v) is 10.3. The maximum atomic E-state index is 12.8. The highest BCUT2D eigenvalue weighted by molar-refractivity contribution is 7.89. The highest BCUT2D eigenvalue weighted by Crippen LogP contribution is 2.21. The molecule has 1 amide bonds. The van der Waals surface area contributed by atoms with Crippen molar-refractivity contribution < 1.29 is 13.2 Å². The molecule has 3 rings (SSSR count). The van der Waals surface area contributed by atoms with Crippen LogP contribution >= 0.6 is 11.6 Å². The molecule has 1 saturated carbocycles. The quantitative estimate of drug-likeness (QED) is 0.741. The summed E-state index contributed by atoms with van der Waals surface area (Å²) in [6, 6.07) is 14.1. The van der Waals surface area contributed by atoms with Crippen LogP contribution in [0.25, 0.3) is 0 Å². The van der Waals surface area contributed by atoms with Crippen LogP contribution in [0, 0.1) is 11.3 Å². The number of amides is 1. The number of hydrogen-bond donors (Lipinski definition) is 2. The van der Waals surface area contributed by atoms with Gasteiger partial charge in [0.05, 0.1) is 15.5 Å². The number of hydrogen-bond acceptors (Lipinski definition) is 4. The molecule has 2 aromatic rings. The molecule has 1 aliphatic carbocycles. The van der Waals surface area contributed by atoms with Crippen molar-refractivity contribution in [1.29, 1.82) is 5.26 Å². The van der Waals surface area contributed by atoms with Gasteiger partial charge in [-0.25, -0.2) is 8.42 Å². The van der Waals surface area contributed by atoms with E-state index in [9.17, 15) is 13.2 Å². The van der Waals surface area contributed by atoms with Gasteiger partial charge >= 0.3 is 0 Å². The van der Waals surface area contributed by atoms with Crippen LogP contribution in [-0.2, 0) is 21.2 Å². The molecule has 8 heteroatoms. The average Bonchev–Trinajstić information content (AvgIpc) is 3.46. The van der Waals surface area contributed by atoms with Crippen molar-refractivity contribution in [3.63, 3.8) is 0 Å². The van der Waals surface area contributed by atoms with Crippen LogP contribution in [0.1, 0.15) is 24.0 Å². The number of benzene rings is 2. The van der Waals surface area contributed by atoms with E-state index in [0.29, 0.717) is 0 Å². The molecule has 140 valence electrons. The smallest absolute Gasteiger partial charge is 0.241 e. The lowest BCUT2D eigenvalue weighted by Gasteiger charge is -2.19. The molecule has 0 heterocycles. The van der Waals surface area contributed by atoms with E-state index in [-0.39, 0.29) is 33.9 Å². The number of nitrogens with zero attached hydrogens (tertiary/aromatic N) is 1. The molecule has 2 aromatic carbocycles. The largest absolute Gasteiger partial charge is 0.352 e. The van der Waals surface area contributed by atoms with Gasteiger partial charge in [0, 0.05) is 6.04 Å². The van der Waals surface area contributed by atoms with Crippen molar-refractivity contribution in [3.05, 3.63) is 64.7 Å². The molecule has 1 atom stereocenters. The summed E-state index contributed by atoms with van der Waals surface area (Å²) >= 11 is 5.87. The lowest BCUT2D eigenvalue weighted by atomic mass is 10.1. The van der Waals surface area contributed by atoms with Gasteiger partial charge in [-0.15, -0.1) is 0 Å². The Morgan fingerprint density at radius 3 is 2.56 bits per heavy atom. The summed E-state index contributed by atoms with van der Waals surface area (Å²) in [5, 5.41) is 12.1. The predicted molar refractivity (Wildman–Crippen MR) is 102 cm³/mol. The average molecular weight is 404 g/mol. The maximum absolute atomic E-state index is 12.8. The van der Waals surface area contributed by atoms with E-state index >= 15 is 0 Å². The molecule has 0 aliphatic heterocycles. The fourth-order valence-electron chi connectivity index (χ4n) is 2.58. The topological polar surface area (TPSA) is 99.1 Å². The van der Waals surface area contributed by atoms with Crippen molar-refractivity contribution in [2.45, 2.75) is 36.2 Å². The van der Waals surface area contributed by atoms with Crippen molar-refractivity contribution >= 4 is 27.5 Å². The van der Waals surface area contributed by atoms with Crippen LogP contribution in [0.15, 0.2) is 53.4 Å². The van der Waals surface area contributed by atoms with Gasteiger partial charge in [0.15, 0.2) is 0 Å². The van der Waals surface area contributed by atoms with E-state index in [1.54, 1.807) is 0 Å². The zero-order chi connectivity index (χ0) is 19.4. The van der Waals surface area contributed by atoms with E-state index in [1.807, 2.05) is 36.4 Å². The predicted octanol–water partition coefficient (Wildman–Crippen LogP) is 2.38. The van der Waals surface area contributed by atoms with Crippen molar-refractivity contribution in [2.75, 3.05) is 0 Å². The first-order valence-electron chi connectivity index (χ1n) is 8.45. The SMILES string of the molecule is N#Cc1cc(S(=O)(=O)NC(Cc2ccccc2)C(=O)NC2CC2)ccc1Cl. The summed E-state index contributed by atoms with van der Waals surface area (Å²) in [5.74, 6) is -0.362. The molecule has 27 heavy (non-hydrogen) atoms. The van der Waals surface area contributed by atoms with E-state index in [0.717, 1.165) is 18.4 Å². The molecule has 0 spiro atoms. The molecule has 1 aliphatic rings. The number of rotatable bonds is 7. The number of nitriles is 1. The Balaban J connectivity index is 1.85. The zero-order valence-corrected chi connectivity index (χ0v) is 15.9. The van der Waals surface area contributed by atoms with E-state index < -0.39 is 16.1 Å². The minimum Gasteiger partial charge on any atom is -0.352 e. The Hall–Kier alpha value is -2.40. The Labute approximate surface area is 163 Å². The van der Waals surface area contributed by atoms with Crippen LogP contribution in [0.4, 0.5) is 0 Å². The number of halogens is 1. The third-order valence-electron chi connectivity index (χ3n) is 4.19. The second-order valence-corrected chi connectivity index (χ2v) is 8.52. The number of carbonyl (C=O) groups is 1. The molecule has 6 nitrogen and oxygen atoms in total. The number of sulfonamides is 1. The lowest BCUT2D eigenvalue weighted by molar-refractivity contribution is -0.122. The Morgan fingerprint density at radius 2 is 1.93 bits per heavy atom. The lowest BCUT2D eigenvalue weighted by Crippen LogP contribution is -2.48. The van der Waals surface area contributed by atoms with Gasteiger partial charge in [-0.1, -0.05) is 41.9 Å². The molecule has 0 bridgehead atoms. The van der Waals surface area contributed by atoms with Gasteiger partial charge in [-0.2, -0.15) is 9.98 Å². The molecule has 2 N–H and O–H groups in total. The fourth-order valence-corrected chi connectivity index (χ4v) is 3.96. The van der Waals surface area contributed by atoms with Crippen LogP contribution in [0.2, 0.25) is 5.02 Å². The zero-order valence-electron chi connectivity index (χ0n) is 14.4. The molecular weight excluding hydrogens is 386 g/mol. The molecule has 1 fully saturated rings. The van der Waals surface area contributed by atoms with Gasteiger partial charge in [0.1, 0.15) is 12.1 Å². The van der Waals surface area contributed by atoms with Gasteiger partial charge < -0.3 is 5.32 Å². The van der Waals surface area contributed by atoms with E-state index in [1.165, 1.54) is 18.2 Å². The highest BCUT2D eigenvalue weighted by atomic mass is 35.5. The Morgan fingerprint density at radius 1 is 1.22 bits per heavy atom. The summed E-state index contributed by atoms with van der Waals surface area (Å²) in [6.45, 7) is 0. The van der Waals surface area contributed by atoms with Crippen LogP contribution in [0.3, 0.4) is 0 Å². The van der Waals surface area contributed by atoms with Crippen molar-refractivity contribution in [3.8, 4) is 6.07 Å². The third kappa shape index (κ3) is 5.07. The van der Waals surface area contributed by atoms with E-state index in [4.69, 9.17) is 16.9 Å². The first-order chi connectivity index (χ1) is 12.9. The minimum absolute atomic E-state index is 0.0570.